The number of halogens is 2. The van der Waals surface area contributed by atoms with Crippen LogP contribution in [0.1, 0.15) is 22.8 Å². The smallest absolute Gasteiger partial charge is 0.267 e. The fourth-order valence-electron chi connectivity index (χ4n) is 4.16. The third-order valence-electron chi connectivity index (χ3n) is 6.31. The van der Waals surface area contributed by atoms with Gasteiger partial charge in [-0.1, -0.05) is 60.7 Å². The Labute approximate surface area is 235 Å². The molecule has 0 amide bonds. The van der Waals surface area contributed by atoms with Crippen molar-refractivity contribution in [2.24, 2.45) is 0 Å². The Morgan fingerprint density at radius 3 is 1.88 bits per heavy atom. The Balaban J connectivity index is 0.000000559. The Morgan fingerprint density at radius 1 is 0.850 bits per heavy atom. The van der Waals surface area contributed by atoms with E-state index in [1.807, 2.05) is 6.07 Å². The van der Waals surface area contributed by atoms with Gasteiger partial charge in [0.2, 0.25) is 0 Å². The molecule has 0 bridgehead atoms. The molecule has 0 aromatic heterocycles. The Bertz CT molecular complexity index is 1220. The number of rotatable bonds is 11. The first-order chi connectivity index (χ1) is 19.2. The second-order valence-electron chi connectivity index (χ2n) is 9.32. The molecule has 0 atom stereocenters. The highest BCUT2D eigenvalue weighted by Crippen LogP contribution is 2.26. The summed E-state index contributed by atoms with van der Waals surface area (Å²) >= 11 is 0. The minimum absolute atomic E-state index is 0.285. The summed E-state index contributed by atoms with van der Waals surface area (Å²) in [6.45, 7) is 4.78. The van der Waals surface area contributed by atoms with Gasteiger partial charge in [0, 0.05) is 32.7 Å². The van der Waals surface area contributed by atoms with Crippen LogP contribution in [0.5, 0.6) is 0 Å². The van der Waals surface area contributed by atoms with Gasteiger partial charge in [-0.2, -0.15) is 8.42 Å². The normalized spacial score (nSPS) is 14.4. The standard InChI is InChI=1S/C28H30F2N2O.C2H6O4S/c29-26-12-8-24(9-13-26)28(25-10-14-27(30)15-11-25)33-22-21-32-19-17-31(18-20-32)16-4-7-23-5-2-1-3-6-23;3-1-2-7(4,5)6/h1-6,8-16,28H,7,17-22H2;3H,1-2H2,(H,4,5,6)/b16-4+;. The van der Waals surface area contributed by atoms with Gasteiger partial charge in [0.05, 0.1) is 19.0 Å². The number of hydrogen-bond donors (Lipinski definition) is 2. The predicted octanol–water partition coefficient (Wildman–Crippen LogP) is 4.31. The molecule has 7 nitrogen and oxygen atoms in total. The summed E-state index contributed by atoms with van der Waals surface area (Å²) in [5.74, 6) is -1.15. The molecule has 3 aromatic rings. The van der Waals surface area contributed by atoms with Crippen molar-refractivity contribution in [1.29, 1.82) is 0 Å². The summed E-state index contributed by atoms with van der Waals surface area (Å²) in [4.78, 5) is 4.76. The lowest BCUT2D eigenvalue weighted by Crippen LogP contribution is -2.45. The third kappa shape index (κ3) is 11.5. The van der Waals surface area contributed by atoms with E-state index in [1.54, 1.807) is 24.3 Å². The van der Waals surface area contributed by atoms with Gasteiger partial charge >= 0.3 is 0 Å². The van der Waals surface area contributed by atoms with E-state index in [1.165, 1.54) is 29.8 Å². The molecule has 0 radical (unpaired) electrons. The minimum atomic E-state index is -3.92. The van der Waals surface area contributed by atoms with E-state index in [4.69, 9.17) is 14.4 Å². The second kappa shape index (κ2) is 16.2. The fraction of sp³-hybridized carbons (Fsp3) is 0.333. The molecule has 1 fully saturated rings. The maximum Gasteiger partial charge on any atom is 0.267 e. The fourth-order valence-corrected chi connectivity index (χ4v) is 4.39. The van der Waals surface area contributed by atoms with Crippen molar-refractivity contribution in [3.63, 3.8) is 0 Å². The molecule has 4 rings (SSSR count). The molecule has 0 unspecified atom stereocenters. The molecule has 10 heteroatoms. The van der Waals surface area contributed by atoms with Crippen molar-refractivity contribution in [3.8, 4) is 0 Å². The van der Waals surface area contributed by atoms with E-state index in [2.05, 4.69) is 46.3 Å². The van der Waals surface area contributed by atoms with Crippen LogP contribution in [0.4, 0.5) is 8.78 Å². The summed E-state index contributed by atoms with van der Waals surface area (Å²) in [7, 11) is -3.92. The average Bonchev–Trinajstić information content (AvgIpc) is 2.94. The molecule has 40 heavy (non-hydrogen) atoms. The van der Waals surface area contributed by atoms with Crippen LogP contribution in [-0.4, -0.2) is 79.6 Å². The Morgan fingerprint density at radius 2 is 1.40 bits per heavy atom. The zero-order valence-electron chi connectivity index (χ0n) is 22.3. The lowest BCUT2D eigenvalue weighted by atomic mass is 10.0. The van der Waals surface area contributed by atoms with Crippen LogP contribution < -0.4 is 0 Å². The van der Waals surface area contributed by atoms with Crippen LogP contribution in [0, 0.1) is 11.6 Å². The first kappa shape index (κ1) is 31.4. The van der Waals surface area contributed by atoms with Gasteiger partial charge in [0.1, 0.15) is 17.7 Å². The van der Waals surface area contributed by atoms with Gasteiger partial charge in [-0.3, -0.25) is 9.45 Å². The number of hydrogen-bond acceptors (Lipinski definition) is 6. The number of benzene rings is 3. The molecule has 2 N–H and O–H groups in total. The van der Waals surface area contributed by atoms with Crippen molar-refractivity contribution in [2.45, 2.75) is 12.5 Å². The lowest BCUT2D eigenvalue weighted by Gasteiger charge is -2.34. The average molecular weight is 575 g/mol. The van der Waals surface area contributed by atoms with Crippen molar-refractivity contribution >= 4 is 10.1 Å². The van der Waals surface area contributed by atoms with Crippen molar-refractivity contribution in [1.82, 2.24) is 9.80 Å². The van der Waals surface area contributed by atoms with Crippen LogP contribution in [0.25, 0.3) is 0 Å². The molecular formula is C30H36F2N2O5S. The Hall–Kier alpha value is -3.15. The molecule has 1 heterocycles. The number of allylic oxidation sites excluding steroid dienone is 1. The topological polar surface area (TPSA) is 90.3 Å². The molecule has 1 aliphatic rings. The molecule has 1 aliphatic heterocycles. The lowest BCUT2D eigenvalue weighted by molar-refractivity contribution is 0.0502. The second-order valence-corrected chi connectivity index (χ2v) is 10.9. The number of piperazine rings is 1. The van der Waals surface area contributed by atoms with E-state index in [-0.39, 0.29) is 17.7 Å². The summed E-state index contributed by atoms with van der Waals surface area (Å²) in [5.41, 5.74) is 3.04. The van der Waals surface area contributed by atoms with Crippen LogP contribution in [-0.2, 0) is 21.3 Å². The SMILES string of the molecule is Fc1ccc(C(OCCN2CCN(/C=C/Cc3ccccc3)CC2)c2ccc(F)cc2)cc1.O=S(=O)(O)CCO. The quantitative estimate of drug-likeness (QED) is 0.330. The van der Waals surface area contributed by atoms with E-state index in [9.17, 15) is 17.2 Å². The van der Waals surface area contributed by atoms with Gasteiger partial charge in [-0.05, 0) is 53.6 Å². The first-order valence-electron chi connectivity index (χ1n) is 13.1. The zero-order valence-corrected chi connectivity index (χ0v) is 23.1. The highest BCUT2D eigenvalue weighted by atomic mass is 32.2. The molecule has 0 spiro atoms. The van der Waals surface area contributed by atoms with Gasteiger partial charge in [0.15, 0.2) is 0 Å². The van der Waals surface area contributed by atoms with Crippen LogP contribution in [0.2, 0.25) is 0 Å². The number of aliphatic hydroxyl groups excluding tert-OH is 1. The van der Waals surface area contributed by atoms with Crippen LogP contribution in [0.3, 0.4) is 0 Å². The monoisotopic (exact) mass is 574 g/mol. The molecule has 3 aromatic carbocycles. The third-order valence-corrected chi connectivity index (χ3v) is 7.00. The highest BCUT2D eigenvalue weighted by Gasteiger charge is 2.18. The molecule has 0 saturated carbocycles. The number of aliphatic hydroxyl groups is 1. The van der Waals surface area contributed by atoms with Gasteiger partial charge in [-0.15, -0.1) is 0 Å². The van der Waals surface area contributed by atoms with Gasteiger partial charge in [0.25, 0.3) is 10.1 Å². The van der Waals surface area contributed by atoms with Crippen LogP contribution >= 0.6 is 0 Å². The summed E-state index contributed by atoms with van der Waals surface area (Å²) in [6, 6.07) is 23.1. The molecule has 0 aliphatic carbocycles. The number of nitrogens with zero attached hydrogens (tertiary/aromatic N) is 2. The van der Waals surface area contributed by atoms with Crippen molar-refractivity contribution < 1.29 is 31.6 Å². The molecule has 216 valence electrons. The first-order valence-corrected chi connectivity index (χ1v) is 14.7. The maximum absolute atomic E-state index is 13.4. The Kier molecular flexibility index (Phi) is 12.7. The summed E-state index contributed by atoms with van der Waals surface area (Å²) in [5, 5.41) is 7.86. The van der Waals surface area contributed by atoms with E-state index in [0.29, 0.717) is 6.61 Å². The predicted molar refractivity (Wildman–Crippen MR) is 151 cm³/mol. The molecular weight excluding hydrogens is 538 g/mol. The van der Waals surface area contributed by atoms with Gasteiger partial charge in [-0.25, -0.2) is 8.78 Å². The van der Waals surface area contributed by atoms with Gasteiger partial charge < -0.3 is 14.7 Å². The summed E-state index contributed by atoms with van der Waals surface area (Å²) in [6.07, 6.45) is 5.03. The zero-order chi connectivity index (χ0) is 28.8. The summed E-state index contributed by atoms with van der Waals surface area (Å²) < 4.78 is 60.1. The minimum Gasteiger partial charge on any atom is -0.395 e. The van der Waals surface area contributed by atoms with Crippen molar-refractivity contribution in [2.75, 3.05) is 51.7 Å². The maximum atomic E-state index is 13.4. The largest absolute Gasteiger partial charge is 0.395 e. The van der Waals surface area contributed by atoms with E-state index < -0.39 is 22.5 Å². The van der Waals surface area contributed by atoms with Crippen LogP contribution in [0.15, 0.2) is 91.1 Å². The van der Waals surface area contributed by atoms with E-state index in [0.717, 1.165) is 50.3 Å². The van der Waals surface area contributed by atoms with Crippen molar-refractivity contribution in [3.05, 3.63) is 119 Å². The highest BCUT2D eigenvalue weighted by molar-refractivity contribution is 7.85. The molecule has 1 saturated heterocycles. The van der Waals surface area contributed by atoms with E-state index >= 15 is 0 Å². The number of ether oxygens (including phenoxy) is 1.